The maximum atomic E-state index is 12.8. The molecule has 9 heteroatoms. The van der Waals surface area contributed by atoms with E-state index in [1.54, 1.807) is 7.11 Å². The molecular weight excluding hydrogens is 476 g/mol. The van der Waals surface area contributed by atoms with Crippen LogP contribution in [0.1, 0.15) is 10.5 Å². The number of amides is 1. The van der Waals surface area contributed by atoms with Gasteiger partial charge in [-0.3, -0.25) is 9.69 Å². The molecule has 32 heavy (non-hydrogen) atoms. The van der Waals surface area contributed by atoms with Crippen LogP contribution >= 0.6 is 15.9 Å². The average molecular weight is 501 g/mol. The van der Waals surface area contributed by atoms with E-state index in [4.69, 9.17) is 9.47 Å². The predicted octanol–water partition coefficient (Wildman–Crippen LogP) is 3.49. The minimum absolute atomic E-state index is 0.172. The molecule has 0 unspecified atom stereocenters. The lowest BCUT2D eigenvalue weighted by atomic mass is 10.2. The van der Waals surface area contributed by atoms with Crippen LogP contribution in [0.25, 0.3) is 10.9 Å². The summed E-state index contributed by atoms with van der Waals surface area (Å²) >= 11 is 3.45. The molecule has 3 aromatic rings. The van der Waals surface area contributed by atoms with Gasteiger partial charge in [0.2, 0.25) is 5.91 Å². The number of anilines is 2. The van der Waals surface area contributed by atoms with E-state index < -0.39 is 5.97 Å². The fourth-order valence-electron chi connectivity index (χ4n) is 3.89. The number of carbonyl (C=O) groups excluding carboxylic acids is 2. The van der Waals surface area contributed by atoms with E-state index in [1.807, 2.05) is 42.5 Å². The van der Waals surface area contributed by atoms with Crippen molar-refractivity contribution < 1.29 is 19.1 Å². The highest BCUT2D eigenvalue weighted by molar-refractivity contribution is 9.10. The summed E-state index contributed by atoms with van der Waals surface area (Å²) in [7, 11) is 2.97. The number of methoxy groups -OCH3 is 2. The summed E-state index contributed by atoms with van der Waals surface area (Å²) in [5.74, 6) is 0.134. The summed E-state index contributed by atoms with van der Waals surface area (Å²) in [6.07, 6.45) is 0. The van der Waals surface area contributed by atoms with Crippen molar-refractivity contribution in [2.45, 2.75) is 0 Å². The Hall–Kier alpha value is -3.04. The first-order chi connectivity index (χ1) is 15.5. The van der Waals surface area contributed by atoms with Crippen LogP contribution in [0.15, 0.2) is 46.9 Å². The maximum Gasteiger partial charge on any atom is 0.356 e. The normalized spacial score (nSPS) is 14.4. The predicted molar refractivity (Wildman–Crippen MR) is 128 cm³/mol. The minimum Gasteiger partial charge on any atom is -0.497 e. The van der Waals surface area contributed by atoms with Crippen molar-refractivity contribution in [2.24, 2.45) is 0 Å². The number of benzene rings is 2. The second-order valence-electron chi connectivity index (χ2n) is 7.57. The van der Waals surface area contributed by atoms with Gasteiger partial charge in [-0.25, -0.2) is 4.79 Å². The van der Waals surface area contributed by atoms with Crippen molar-refractivity contribution in [3.05, 3.63) is 52.6 Å². The van der Waals surface area contributed by atoms with Gasteiger partial charge in [0.05, 0.1) is 26.5 Å². The van der Waals surface area contributed by atoms with E-state index in [0.717, 1.165) is 53.0 Å². The Morgan fingerprint density at radius 2 is 1.78 bits per heavy atom. The second kappa shape index (κ2) is 9.62. The molecule has 1 aliphatic heterocycles. The number of esters is 1. The molecule has 2 N–H and O–H groups in total. The number of hydrogen-bond donors (Lipinski definition) is 2. The number of rotatable bonds is 6. The van der Waals surface area contributed by atoms with Crippen molar-refractivity contribution in [3.63, 3.8) is 0 Å². The standard InChI is InChI=1S/C23H25BrN4O4/c1-31-17-6-4-16(5-7-17)28-11-9-27(10-12-28)14-20(29)26-21-18-13-15(24)3-8-19(18)25-22(21)23(30)32-2/h3-8,13,25H,9-12,14H2,1-2H3,(H,26,29). The number of halogens is 1. The molecule has 1 aliphatic rings. The van der Waals surface area contributed by atoms with Gasteiger partial charge in [-0.15, -0.1) is 0 Å². The molecule has 0 atom stereocenters. The lowest BCUT2D eigenvalue weighted by Gasteiger charge is -2.35. The first-order valence-corrected chi connectivity index (χ1v) is 11.1. The summed E-state index contributed by atoms with van der Waals surface area (Å²) in [4.78, 5) is 32.5. The maximum absolute atomic E-state index is 12.8. The molecule has 0 aliphatic carbocycles. The Morgan fingerprint density at radius 3 is 2.44 bits per heavy atom. The Bertz CT molecular complexity index is 1120. The molecule has 1 saturated heterocycles. The number of aromatic amines is 1. The minimum atomic E-state index is -0.527. The molecule has 1 aromatic heterocycles. The Labute approximate surface area is 194 Å². The van der Waals surface area contributed by atoms with E-state index in [9.17, 15) is 9.59 Å². The third kappa shape index (κ3) is 4.73. The summed E-state index contributed by atoms with van der Waals surface area (Å²) in [6, 6.07) is 13.6. The van der Waals surface area contributed by atoms with Gasteiger partial charge >= 0.3 is 5.97 Å². The molecule has 0 spiro atoms. The van der Waals surface area contributed by atoms with E-state index in [1.165, 1.54) is 7.11 Å². The van der Waals surface area contributed by atoms with Crippen molar-refractivity contribution in [1.82, 2.24) is 9.88 Å². The topological polar surface area (TPSA) is 86.9 Å². The van der Waals surface area contributed by atoms with E-state index >= 15 is 0 Å². The summed E-state index contributed by atoms with van der Waals surface area (Å²) in [6.45, 7) is 3.43. The molecule has 8 nitrogen and oxygen atoms in total. The molecule has 2 heterocycles. The molecule has 1 fully saturated rings. The van der Waals surface area contributed by atoms with Crippen LogP contribution in [-0.2, 0) is 9.53 Å². The van der Waals surface area contributed by atoms with Crippen LogP contribution < -0.4 is 15.0 Å². The zero-order valence-electron chi connectivity index (χ0n) is 18.0. The van der Waals surface area contributed by atoms with Gasteiger partial charge in [-0.05, 0) is 42.5 Å². The average Bonchev–Trinajstić information content (AvgIpc) is 3.16. The van der Waals surface area contributed by atoms with Gasteiger partial charge in [-0.2, -0.15) is 0 Å². The molecule has 2 aromatic carbocycles. The van der Waals surface area contributed by atoms with Crippen molar-refractivity contribution in [3.8, 4) is 5.75 Å². The molecular formula is C23H25BrN4O4. The van der Waals surface area contributed by atoms with E-state index in [2.05, 4.69) is 36.0 Å². The smallest absolute Gasteiger partial charge is 0.356 e. The third-order valence-electron chi connectivity index (χ3n) is 5.59. The number of hydrogen-bond acceptors (Lipinski definition) is 6. The monoisotopic (exact) mass is 500 g/mol. The van der Waals surface area contributed by atoms with Gasteiger partial charge in [0.25, 0.3) is 0 Å². The number of H-pyrrole nitrogens is 1. The third-order valence-corrected chi connectivity index (χ3v) is 6.08. The fraction of sp³-hybridized carbons (Fsp3) is 0.304. The summed E-state index contributed by atoms with van der Waals surface area (Å²) in [5.41, 5.74) is 2.56. The van der Waals surface area contributed by atoms with Gasteiger partial charge in [-0.1, -0.05) is 15.9 Å². The molecule has 1 amide bonds. The quantitative estimate of drug-likeness (QED) is 0.503. The highest BCUT2D eigenvalue weighted by Crippen LogP contribution is 2.31. The Morgan fingerprint density at radius 1 is 1.06 bits per heavy atom. The lowest BCUT2D eigenvalue weighted by molar-refractivity contribution is -0.117. The second-order valence-corrected chi connectivity index (χ2v) is 8.48. The summed E-state index contributed by atoms with van der Waals surface area (Å²) < 4.78 is 11.0. The highest BCUT2D eigenvalue weighted by Gasteiger charge is 2.23. The van der Waals surface area contributed by atoms with Crippen LogP contribution in [0.5, 0.6) is 5.75 Å². The molecule has 168 valence electrons. The van der Waals surface area contributed by atoms with Crippen LogP contribution in [-0.4, -0.2) is 68.7 Å². The van der Waals surface area contributed by atoms with Crippen molar-refractivity contribution in [2.75, 3.05) is 57.2 Å². The van der Waals surface area contributed by atoms with Crippen LogP contribution in [0.3, 0.4) is 0 Å². The van der Waals surface area contributed by atoms with Gasteiger partial charge in [0.15, 0.2) is 0 Å². The Kier molecular flexibility index (Phi) is 6.66. The zero-order chi connectivity index (χ0) is 22.7. The van der Waals surface area contributed by atoms with E-state index in [0.29, 0.717) is 5.69 Å². The molecule has 0 radical (unpaired) electrons. The number of carbonyl (C=O) groups is 2. The molecule has 0 saturated carbocycles. The van der Waals surface area contributed by atoms with E-state index in [-0.39, 0.29) is 18.1 Å². The lowest BCUT2D eigenvalue weighted by Crippen LogP contribution is -2.48. The number of piperazine rings is 1. The largest absolute Gasteiger partial charge is 0.497 e. The number of fused-ring (bicyclic) bond motifs is 1. The molecule has 0 bridgehead atoms. The number of nitrogens with zero attached hydrogens (tertiary/aromatic N) is 2. The van der Waals surface area contributed by atoms with Crippen LogP contribution in [0.4, 0.5) is 11.4 Å². The van der Waals surface area contributed by atoms with Crippen molar-refractivity contribution in [1.29, 1.82) is 0 Å². The van der Waals surface area contributed by atoms with Gasteiger partial charge < -0.3 is 24.7 Å². The zero-order valence-corrected chi connectivity index (χ0v) is 19.6. The molecule has 4 rings (SSSR count). The first-order valence-electron chi connectivity index (χ1n) is 10.3. The van der Waals surface area contributed by atoms with Crippen LogP contribution in [0.2, 0.25) is 0 Å². The first kappa shape index (κ1) is 22.2. The van der Waals surface area contributed by atoms with Gasteiger partial charge in [0.1, 0.15) is 11.4 Å². The Balaban J connectivity index is 1.40. The highest BCUT2D eigenvalue weighted by atomic mass is 79.9. The number of aromatic nitrogens is 1. The van der Waals surface area contributed by atoms with Gasteiger partial charge in [0, 0.05) is 47.2 Å². The van der Waals surface area contributed by atoms with Crippen LogP contribution in [0, 0.1) is 0 Å². The fourth-order valence-corrected chi connectivity index (χ4v) is 4.25. The summed E-state index contributed by atoms with van der Waals surface area (Å²) in [5, 5.41) is 3.67. The van der Waals surface area contributed by atoms with Crippen molar-refractivity contribution >= 4 is 50.1 Å². The SMILES string of the molecule is COC(=O)c1[nH]c2ccc(Br)cc2c1NC(=O)CN1CCN(c2ccc(OC)cc2)CC1. The number of nitrogens with one attached hydrogen (secondary N) is 2. The number of ether oxygens (including phenoxy) is 2.